The molecule has 2 fully saturated rings. The Morgan fingerprint density at radius 2 is 1.38 bits per heavy atom. The van der Waals surface area contributed by atoms with Gasteiger partial charge >= 0.3 is 24.5 Å². The summed E-state index contributed by atoms with van der Waals surface area (Å²) < 4.78 is 140. The number of halogens is 8. The van der Waals surface area contributed by atoms with Crippen molar-refractivity contribution in [1.82, 2.24) is 19.9 Å². The molecule has 336 valence electrons. The van der Waals surface area contributed by atoms with Crippen molar-refractivity contribution in [1.29, 1.82) is 0 Å². The molecular weight excluding hydrogens is 845 g/mol. The molecule has 0 aliphatic carbocycles. The number of benzene rings is 3. The Balaban J connectivity index is 1.37. The van der Waals surface area contributed by atoms with Crippen molar-refractivity contribution in [2.45, 2.75) is 83.7 Å². The summed E-state index contributed by atoms with van der Waals surface area (Å²) >= 11 is 0. The van der Waals surface area contributed by atoms with Crippen LogP contribution >= 0.6 is 0 Å². The molecule has 2 atom stereocenters. The van der Waals surface area contributed by atoms with Gasteiger partial charge < -0.3 is 28.7 Å². The predicted molar refractivity (Wildman–Crippen MR) is 217 cm³/mol. The molecule has 3 aromatic carbocycles. The third-order valence-corrected chi connectivity index (χ3v) is 10.8. The lowest BCUT2D eigenvalue weighted by molar-refractivity contribution is -0.154. The molecule has 7 rings (SSSR count). The smallest absolute Gasteiger partial charge is 0.422 e. The first-order valence-electron chi connectivity index (χ1n) is 19.9. The Morgan fingerprint density at radius 1 is 0.825 bits per heavy atom. The summed E-state index contributed by atoms with van der Waals surface area (Å²) in [4.78, 5) is 30.2. The van der Waals surface area contributed by atoms with Gasteiger partial charge in [-0.1, -0.05) is 24.3 Å². The highest BCUT2D eigenvalue weighted by molar-refractivity contribution is 5.93. The Hall–Kier alpha value is -6.14. The molecule has 4 heterocycles. The second-order valence-electron chi connectivity index (χ2n) is 16.4. The lowest BCUT2D eigenvalue weighted by atomic mass is 9.95. The van der Waals surface area contributed by atoms with Crippen LogP contribution in [0.5, 0.6) is 17.5 Å². The van der Waals surface area contributed by atoms with E-state index in [4.69, 9.17) is 18.9 Å². The predicted octanol–water partition coefficient (Wildman–Crippen LogP) is 10.1. The molecule has 2 aliphatic rings. The van der Waals surface area contributed by atoms with Crippen LogP contribution in [0.4, 0.5) is 51.4 Å². The summed E-state index contributed by atoms with van der Waals surface area (Å²) in [5.41, 5.74) is -4.62. The maximum atomic E-state index is 17.2. The number of rotatable bonds is 11. The Kier molecular flexibility index (Phi) is 12.3. The number of anilines is 2. The number of ether oxygens (including phenoxy) is 4. The molecule has 2 saturated heterocycles. The van der Waals surface area contributed by atoms with Crippen molar-refractivity contribution in [3.05, 3.63) is 94.7 Å². The molecule has 0 radical (unpaired) electrons. The third-order valence-electron chi connectivity index (χ3n) is 10.8. The van der Waals surface area contributed by atoms with Gasteiger partial charge in [0.2, 0.25) is 0 Å². The molecule has 0 spiro atoms. The fourth-order valence-electron chi connectivity index (χ4n) is 8.04. The Morgan fingerprint density at radius 3 is 1.87 bits per heavy atom. The fraction of sp³-hybridized carbons (Fsp3) is 0.409. The highest BCUT2D eigenvalue weighted by Crippen LogP contribution is 2.45. The van der Waals surface area contributed by atoms with Gasteiger partial charge in [-0.25, -0.2) is 13.6 Å². The number of carbonyl (C=O) groups is 1. The quantitative estimate of drug-likeness (QED) is 0.119. The molecule has 11 nitrogen and oxygen atoms in total. The van der Waals surface area contributed by atoms with E-state index in [0.717, 1.165) is 19.2 Å². The summed E-state index contributed by atoms with van der Waals surface area (Å²) in [6.07, 6.45) is -8.50. The number of fused-ring (bicyclic) bond motifs is 3. The summed E-state index contributed by atoms with van der Waals surface area (Å²) in [6, 6.07) is 12.6. The molecule has 0 saturated carbocycles. The van der Waals surface area contributed by atoms with Crippen LogP contribution in [-0.4, -0.2) is 83.7 Å². The van der Waals surface area contributed by atoms with E-state index in [0.29, 0.717) is 35.5 Å². The van der Waals surface area contributed by atoms with Crippen LogP contribution in [0.25, 0.3) is 22.2 Å². The van der Waals surface area contributed by atoms with Crippen molar-refractivity contribution in [2.75, 3.05) is 43.7 Å². The first-order valence-corrected chi connectivity index (χ1v) is 19.9. The van der Waals surface area contributed by atoms with Crippen molar-refractivity contribution >= 4 is 28.5 Å². The number of aromatic nitrogens is 3. The maximum absolute atomic E-state index is 17.2. The molecular formula is C44H44F8N6O5. The van der Waals surface area contributed by atoms with Gasteiger partial charge in [-0.2, -0.15) is 36.3 Å². The van der Waals surface area contributed by atoms with Crippen LogP contribution in [-0.2, 0) is 24.0 Å². The van der Waals surface area contributed by atoms with Gasteiger partial charge in [-0.15, -0.1) is 0 Å². The topological polar surface area (TPSA) is 102 Å². The second-order valence-corrected chi connectivity index (χ2v) is 16.4. The lowest BCUT2D eigenvalue weighted by Crippen LogP contribution is -2.57. The van der Waals surface area contributed by atoms with E-state index in [1.54, 1.807) is 79.1 Å². The number of nitrogens with zero attached hydrogens (tertiary/aromatic N) is 6. The normalized spacial score (nSPS) is 16.7. The molecule has 1 amide bonds. The average Bonchev–Trinajstić information content (AvgIpc) is 3.49. The largest absolute Gasteiger partial charge is 0.497 e. The van der Waals surface area contributed by atoms with Crippen molar-refractivity contribution in [3.63, 3.8) is 0 Å². The number of amides is 1. The monoisotopic (exact) mass is 888 g/mol. The highest BCUT2D eigenvalue weighted by atomic mass is 19.4. The Labute approximate surface area is 357 Å². The van der Waals surface area contributed by atoms with E-state index in [2.05, 4.69) is 15.0 Å². The van der Waals surface area contributed by atoms with Crippen molar-refractivity contribution in [3.8, 4) is 28.8 Å². The molecule has 2 unspecified atom stereocenters. The fourth-order valence-corrected chi connectivity index (χ4v) is 8.04. The zero-order valence-corrected chi connectivity index (χ0v) is 35.1. The number of methoxy groups -OCH3 is 2. The van der Waals surface area contributed by atoms with Crippen LogP contribution in [0.2, 0.25) is 0 Å². The maximum Gasteiger partial charge on any atom is 0.422 e. The van der Waals surface area contributed by atoms with E-state index < -0.39 is 88.3 Å². The number of hydrogen-bond acceptors (Lipinski definition) is 10. The van der Waals surface area contributed by atoms with E-state index in [-0.39, 0.29) is 43.1 Å². The molecule has 2 bridgehead atoms. The van der Waals surface area contributed by atoms with E-state index in [1.807, 2.05) is 0 Å². The molecule has 19 heteroatoms. The number of piperazine rings is 1. The average molecular weight is 889 g/mol. The van der Waals surface area contributed by atoms with Gasteiger partial charge in [-0.3, -0.25) is 9.88 Å². The first-order chi connectivity index (χ1) is 29.6. The van der Waals surface area contributed by atoms with Gasteiger partial charge in [0.1, 0.15) is 39.9 Å². The standard InChI is InChI=1S/C44H44F8N6O5/c1-24-34(44(50,51)52)31(17-33(35(24)45)56(19-25-7-13-29(60-5)14-8-25)20-26-9-15-30(61-6)16-10-26)37-36(46)38-32(18-53-37)39(55-40(54-38)62-23-43(47,48)49)57-21-27-11-12-28(22-57)58(27)41(59)63-42(2,3)4/h7-10,13-18,27-28H,11-12,19-23H2,1-6H3. The van der Waals surface area contributed by atoms with Gasteiger partial charge in [0.15, 0.2) is 12.4 Å². The summed E-state index contributed by atoms with van der Waals surface area (Å²) in [6.45, 7) is 4.39. The van der Waals surface area contributed by atoms with Crippen LogP contribution in [0.1, 0.15) is 55.9 Å². The van der Waals surface area contributed by atoms with Crippen LogP contribution in [0.15, 0.2) is 60.8 Å². The second kappa shape index (κ2) is 17.2. The minimum absolute atomic E-state index is 0.0233. The highest BCUT2D eigenvalue weighted by Gasteiger charge is 2.46. The number of hydrogen-bond donors (Lipinski definition) is 0. The van der Waals surface area contributed by atoms with Crippen molar-refractivity contribution < 1.29 is 58.9 Å². The first kappa shape index (κ1) is 44.9. The van der Waals surface area contributed by atoms with Gasteiger partial charge in [0, 0.05) is 37.9 Å². The molecule has 5 aromatic rings. The Bertz CT molecular complexity index is 2420. The van der Waals surface area contributed by atoms with E-state index in [9.17, 15) is 18.0 Å². The van der Waals surface area contributed by atoms with E-state index in [1.165, 1.54) is 19.1 Å². The van der Waals surface area contributed by atoms with Crippen LogP contribution in [0.3, 0.4) is 0 Å². The van der Waals surface area contributed by atoms with Gasteiger partial charge in [-0.05, 0) is 87.6 Å². The molecule has 63 heavy (non-hydrogen) atoms. The molecule has 0 N–H and O–H groups in total. The molecule has 2 aromatic heterocycles. The van der Waals surface area contributed by atoms with E-state index >= 15 is 22.0 Å². The zero-order chi connectivity index (χ0) is 45.6. The van der Waals surface area contributed by atoms with Gasteiger partial charge in [0.05, 0.1) is 42.9 Å². The summed E-state index contributed by atoms with van der Waals surface area (Å²) in [5.74, 6) is -1.70. The minimum Gasteiger partial charge on any atom is -0.497 e. The number of carbonyl (C=O) groups excluding carboxylic acids is 1. The summed E-state index contributed by atoms with van der Waals surface area (Å²) in [5, 5.41) is -0.144. The van der Waals surface area contributed by atoms with Crippen LogP contribution in [0, 0.1) is 18.6 Å². The van der Waals surface area contributed by atoms with Crippen molar-refractivity contribution in [2.24, 2.45) is 0 Å². The van der Waals surface area contributed by atoms with Gasteiger partial charge in [0.25, 0.3) is 0 Å². The molecule has 2 aliphatic heterocycles. The third kappa shape index (κ3) is 9.76. The number of alkyl halides is 6. The lowest BCUT2D eigenvalue weighted by Gasteiger charge is -2.42. The number of pyridine rings is 1. The SMILES string of the molecule is COc1ccc(CN(Cc2ccc(OC)cc2)c2cc(-c3ncc4c(N5CC6CCC(C5)N6C(=O)OC(C)(C)C)nc(OCC(F)(F)F)nc4c3F)c(C(F)(F)F)c(C)c2F)cc1. The minimum atomic E-state index is -5.23. The van der Waals surface area contributed by atoms with Crippen LogP contribution < -0.4 is 24.0 Å². The zero-order valence-electron chi connectivity index (χ0n) is 35.1. The summed E-state index contributed by atoms with van der Waals surface area (Å²) in [7, 11) is 2.96.